The molecule has 1 N–H and O–H groups in total. The van der Waals surface area contributed by atoms with Crippen molar-refractivity contribution < 1.29 is 18.3 Å². The Morgan fingerprint density at radius 2 is 1.79 bits per heavy atom. The zero-order valence-corrected chi connectivity index (χ0v) is 16.0. The van der Waals surface area contributed by atoms with Crippen molar-refractivity contribution in [3.05, 3.63) is 75.7 Å². The molecule has 0 saturated heterocycles. The molecule has 0 atom stereocenters. The maximum absolute atomic E-state index is 13.7. The van der Waals surface area contributed by atoms with Crippen molar-refractivity contribution in [3.63, 3.8) is 0 Å². The lowest BCUT2D eigenvalue weighted by Crippen LogP contribution is -2.09. The van der Waals surface area contributed by atoms with Crippen molar-refractivity contribution in [2.75, 3.05) is 0 Å². The Balaban J connectivity index is 1.97. The van der Waals surface area contributed by atoms with E-state index in [-0.39, 0.29) is 33.4 Å². The van der Waals surface area contributed by atoms with Crippen molar-refractivity contribution in [1.82, 2.24) is 19.6 Å². The Kier molecular flexibility index (Phi) is 4.84. The highest BCUT2D eigenvalue weighted by atomic mass is 35.5. The zero-order chi connectivity index (χ0) is 20.8. The number of nitrogens with zero attached hydrogens (tertiary/aromatic N) is 4. The maximum Gasteiger partial charge on any atom is 0.435 e. The summed E-state index contributed by atoms with van der Waals surface area (Å²) in [5.41, 5.74) is -0.241. The molecular weight excluding hydrogens is 428 g/mol. The van der Waals surface area contributed by atoms with Gasteiger partial charge in [-0.05, 0) is 23.8 Å². The van der Waals surface area contributed by atoms with Gasteiger partial charge in [0.05, 0.1) is 15.7 Å². The van der Waals surface area contributed by atoms with Gasteiger partial charge in [-0.3, -0.25) is 4.98 Å². The summed E-state index contributed by atoms with van der Waals surface area (Å²) in [7, 11) is 0. The standard InChI is InChI=1S/C19H11Cl2F3N4O/c20-13-3-1-2-11(16(13)21)8-12-17(19(22,23)24)27-28-15(29)9-14(26-18(12)28)10-4-6-25-7-5-10/h1-7,9,29H,8H2. The first kappa shape index (κ1) is 19.5. The molecule has 1 aromatic carbocycles. The molecule has 3 heterocycles. The molecule has 0 aliphatic rings. The first-order valence-electron chi connectivity index (χ1n) is 8.28. The summed E-state index contributed by atoms with van der Waals surface area (Å²) in [5.74, 6) is -0.476. The number of halogens is 5. The fourth-order valence-corrected chi connectivity index (χ4v) is 3.37. The first-order chi connectivity index (χ1) is 13.8. The van der Waals surface area contributed by atoms with E-state index in [1.807, 2.05) is 0 Å². The van der Waals surface area contributed by atoms with Gasteiger partial charge in [0.1, 0.15) is 0 Å². The number of benzene rings is 1. The molecule has 0 fully saturated rings. The second-order valence-corrected chi connectivity index (χ2v) is 6.97. The third-order valence-electron chi connectivity index (χ3n) is 4.31. The fraction of sp³-hybridized carbons (Fsp3) is 0.105. The molecule has 0 aliphatic heterocycles. The predicted molar refractivity (Wildman–Crippen MR) is 102 cm³/mol. The highest BCUT2D eigenvalue weighted by Gasteiger charge is 2.39. The van der Waals surface area contributed by atoms with Crippen molar-refractivity contribution in [1.29, 1.82) is 0 Å². The number of hydrogen-bond donors (Lipinski definition) is 1. The van der Waals surface area contributed by atoms with Crippen molar-refractivity contribution in [2.24, 2.45) is 0 Å². The minimum Gasteiger partial charge on any atom is -0.493 e. The minimum atomic E-state index is -4.75. The minimum absolute atomic E-state index is 0.125. The molecule has 0 radical (unpaired) electrons. The van der Waals surface area contributed by atoms with Crippen LogP contribution in [0, 0.1) is 0 Å². The van der Waals surface area contributed by atoms with Crippen LogP contribution in [0.5, 0.6) is 5.88 Å². The monoisotopic (exact) mass is 438 g/mol. The van der Waals surface area contributed by atoms with Gasteiger partial charge >= 0.3 is 6.18 Å². The van der Waals surface area contributed by atoms with Gasteiger partial charge in [-0.2, -0.15) is 22.8 Å². The lowest BCUT2D eigenvalue weighted by atomic mass is 10.0. The van der Waals surface area contributed by atoms with Gasteiger partial charge in [-0.25, -0.2) is 4.98 Å². The van der Waals surface area contributed by atoms with E-state index >= 15 is 0 Å². The van der Waals surface area contributed by atoms with Gasteiger partial charge in [-0.15, -0.1) is 0 Å². The van der Waals surface area contributed by atoms with Gasteiger partial charge < -0.3 is 5.11 Å². The predicted octanol–water partition coefficient (Wildman–Crippen LogP) is 5.41. The molecule has 0 unspecified atom stereocenters. The Morgan fingerprint density at radius 1 is 1.07 bits per heavy atom. The number of hydrogen-bond acceptors (Lipinski definition) is 4. The number of alkyl halides is 3. The zero-order valence-electron chi connectivity index (χ0n) is 14.5. The quantitative estimate of drug-likeness (QED) is 0.464. The van der Waals surface area contributed by atoms with E-state index < -0.39 is 17.8 Å². The third kappa shape index (κ3) is 3.61. The van der Waals surface area contributed by atoms with E-state index in [9.17, 15) is 18.3 Å². The smallest absolute Gasteiger partial charge is 0.435 e. The molecule has 10 heteroatoms. The van der Waals surface area contributed by atoms with E-state index in [4.69, 9.17) is 23.2 Å². The molecule has 4 aromatic rings. The summed E-state index contributed by atoms with van der Waals surface area (Å²) in [4.78, 5) is 8.22. The highest BCUT2D eigenvalue weighted by molar-refractivity contribution is 6.42. The number of aromatic nitrogens is 4. The van der Waals surface area contributed by atoms with E-state index in [2.05, 4.69) is 15.1 Å². The molecule has 0 bridgehead atoms. The molecular formula is C19H11Cl2F3N4O. The van der Waals surface area contributed by atoms with Gasteiger partial charge in [0.15, 0.2) is 11.3 Å². The van der Waals surface area contributed by atoms with E-state index in [0.717, 1.165) is 4.52 Å². The fourth-order valence-electron chi connectivity index (χ4n) is 2.98. The number of pyridine rings is 1. The van der Waals surface area contributed by atoms with Crippen LogP contribution in [0.25, 0.3) is 16.9 Å². The molecule has 0 amide bonds. The summed E-state index contributed by atoms with van der Waals surface area (Å²) in [6.45, 7) is 0. The number of rotatable bonds is 3. The van der Waals surface area contributed by atoms with Crippen LogP contribution in [0.1, 0.15) is 16.8 Å². The van der Waals surface area contributed by atoms with E-state index in [1.165, 1.54) is 18.5 Å². The van der Waals surface area contributed by atoms with Crippen LogP contribution >= 0.6 is 23.2 Å². The van der Waals surface area contributed by atoms with Crippen LogP contribution < -0.4 is 0 Å². The number of fused-ring (bicyclic) bond motifs is 1. The molecule has 0 aliphatic carbocycles. The van der Waals surface area contributed by atoms with Gasteiger partial charge in [0, 0.05) is 36.0 Å². The van der Waals surface area contributed by atoms with Crippen molar-refractivity contribution in [3.8, 4) is 17.1 Å². The van der Waals surface area contributed by atoms with E-state index in [1.54, 1.807) is 30.3 Å². The van der Waals surface area contributed by atoms with E-state index in [0.29, 0.717) is 11.1 Å². The van der Waals surface area contributed by atoms with Crippen LogP contribution in [0.3, 0.4) is 0 Å². The number of aromatic hydroxyl groups is 1. The summed E-state index contributed by atoms with van der Waals surface area (Å²) < 4.78 is 41.8. The van der Waals surface area contributed by atoms with Crippen LogP contribution in [0.15, 0.2) is 48.8 Å². The second-order valence-electron chi connectivity index (χ2n) is 6.19. The molecule has 29 heavy (non-hydrogen) atoms. The summed E-state index contributed by atoms with van der Waals surface area (Å²) in [5, 5.41) is 14.2. The topological polar surface area (TPSA) is 63.3 Å². The SMILES string of the molecule is Oc1cc(-c2ccncc2)nc2c(Cc3cccc(Cl)c3Cl)c(C(F)(F)F)nn12. The van der Waals surface area contributed by atoms with Gasteiger partial charge in [-0.1, -0.05) is 35.3 Å². The molecule has 0 saturated carbocycles. The van der Waals surface area contributed by atoms with Crippen LogP contribution in [-0.4, -0.2) is 24.7 Å². The maximum atomic E-state index is 13.7. The van der Waals surface area contributed by atoms with Crippen LogP contribution in [0.2, 0.25) is 10.0 Å². The van der Waals surface area contributed by atoms with Crippen molar-refractivity contribution >= 4 is 28.8 Å². The summed E-state index contributed by atoms with van der Waals surface area (Å²) >= 11 is 12.2. The van der Waals surface area contributed by atoms with Gasteiger partial charge in [0.25, 0.3) is 0 Å². The molecule has 3 aromatic heterocycles. The van der Waals surface area contributed by atoms with Crippen LogP contribution in [0.4, 0.5) is 13.2 Å². The molecule has 0 spiro atoms. The Hall–Kier alpha value is -2.84. The third-order valence-corrected chi connectivity index (χ3v) is 5.17. The average molecular weight is 439 g/mol. The summed E-state index contributed by atoms with van der Waals surface area (Å²) in [6.07, 6.45) is -1.94. The lowest BCUT2D eigenvalue weighted by molar-refractivity contribution is -0.141. The Morgan fingerprint density at radius 3 is 2.48 bits per heavy atom. The second kappa shape index (κ2) is 7.20. The molecule has 4 rings (SSSR count). The normalized spacial score (nSPS) is 11.9. The largest absolute Gasteiger partial charge is 0.493 e. The highest BCUT2D eigenvalue weighted by Crippen LogP contribution is 2.37. The lowest BCUT2D eigenvalue weighted by Gasteiger charge is -2.09. The summed E-state index contributed by atoms with van der Waals surface area (Å²) in [6, 6.07) is 9.21. The molecule has 5 nitrogen and oxygen atoms in total. The average Bonchev–Trinajstić information content (AvgIpc) is 3.06. The first-order valence-corrected chi connectivity index (χ1v) is 9.03. The van der Waals surface area contributed by atoms with Gasteiger partial charge in [0.2, 0.25) is 5.88 Å². The van der Waals surface area contributed by atoms with Crippen molar-refractivity contribution in [2.45, 2.75) is 12.6 Å². The molecule has 148 valence electrons. The Labute approximate surface area is 172 Å². The Bertz CT molecular complexity index is 1210. The van der Waals surface area contributed by atoms with Crippen LogP contribution in [-0.2, 0) is 12.6 Å².